The van der Waals surface area contributed by atoms with E-state index in [0.29, 0.717) is 6.67 Å². The van der Waals surface area contributed by atoms with Gasteiger partial charge in [0.05, 0.1) is 12.7 Å². The molecule has 64 valence electrons. The van der Waals surface area contributed by atoms with Gasteiger partial charge in [0, 0.05) is 13.1 Å². The molecule has 1 amide bonds. The fourth-order valence-corrected chi connectivity index (χ4v) is 1.22. The fourth-order valence-electron chi connectivity index (χ4n) is 1.22. The van der Waals surface area contributed by atoms with Crippen LogP contribution >= 0.6 is 0 Å². The maximum absolute atomic E-state index is 11.4. The molecule has 0 bridgehead atoms. The first-order valence-corrected chi connectivity index (χ1v) is 3.86. The topological polar surface area (TPSA) is 49.6 Å². The molecule has 0 spiro atoms. The SMILES string of the molecule is CC1C(=O)N(CN)CCN1C. The van der Waals surface area contributed by atoms with Crippen LogP contribution in [-0.4, -0.2) is 48.6 Å². The Morgan fingerprint density at radius 3 is 2.82 bits per heavy atom. The second kappa shape index (κ2) is 3.19. The van der Waals surface area contributed by atoms with E-state index in [1.165, 1.54) is 0 Å². The molecule has 0 aliphatic carbocycles. The molecule has 1 aliphatic rings. The highest BCUT2D eigenvalue weighted by atomic mass is 16.2. The summed E-state index contributed by atoms with van der Waals surface area (Å²) in [5.41, 5.74) is 5.39. The van der Waals surface area contributed by atoms with Crippen LogP contribution in [0.3, 0.4) is 0 Å². The average Bonchev–Trinajstić information content (AvgIpc) is 2.01. The summed E-state index contributed by atoms with van der Waals surface area (Å²) < 4.78 is 0. The van der Waals surface area contributed by atoms with E-state index < -0.39 is 0 Å². The van der Waals surface area contributed by atoms with Gasteiger partial charge in [-0.1, -0.05) is 0 Å². The Kier molecular flexibility index (Phi) is 2.46. The van der Waals surface area contributed by atoms with Gasteiger partial charge < -0.3 is 10.6 Å². The third-order valence-electron chi connectivity index (χ3n) is 2.27. The van der Waals surface area contributed by atoms with E-state index in [2.05, 4.69) is 0 Å². The molecule has 1 rings (SSSR count). The lowest BCUT2D eigenvalue weighted by Gasteiger charge is -2.36. The molecule has 1 unspecified atom stereocenters. The quantitative estimate of drug-likeness (QED) is 0.534. The van der Waals surface area contributed by atoms with Crippen molar-refractivity contribution in [1.29, 1.82) is 0 Å². The first-order chi connectivity index (χ1) is 5.16. The lowest BCUT2D eigenvalue weighted by Crippen LogP contribution is -2.55. The normalized spacial score (nSPS) is 27.7. The molecule has 11 heavy (non-hydrogen) atoms. The molecule has 1 atom stereocenters. The minimum atomic E-state index is -0.00713. The third-order valence-corrected chi connectivity index (χ3v) is 2.27. The Hall–Kier alpha value is -0.610. The minimum absolute atomic E-state index is 0.00713. The maximum Gasteiger partial charge on any atom is 0.240 e. The van der Waals surface area contributed by atoms with E-state index in [-0.39, 0.29) is 11.9 Å². The van der Waals surface area contributed by atoms with Crippen LogP contribution in [0, 0.1) is 0 Å². The number of hydrogen-bond acceptors (Lipinski definition) is 3. The van der Waals surface area contributed by atoms with Crippen molar-refractivity contribution < 1.29 is 4.79 Å². The summed E-state index contributed by atoms with van der Waals surface area (Å²) in [5.74, 6) is 0.140. The van der Waals surface area contributed by atoms with E-state index >= 15 is 0 Å². The Labute approximate surface area is 66.9 Å². The predicted molar refractivity (Wildman–Crippen MR) is 42.9 cm³/mol. The zero-order valence-electron chi connectivity index (χ0n) is 7.08. The molecular weight excluding hydrogens is 142 g/mol. The lowest BCUT2D eigenvalue weighted by atomic mass is 10.2. The highest BCUT2D eigenvalue weighted by molar-refractivity contribution is 5.82. The predicted octanol–water partition coefficient (Wildman–Crippen LogP) is -0.935. The van der Waals surface area contributed by atoms with Gasteiger partial charge in [-0.2, -0.15) is 0 Å². The molecule has 1 heterocycles. The van der Waals surface area contributed by atoms with E-state index in [0.717, 1.165) is 13.1 Å². The first-order valence-electron chi connectivity index (χ1n) is 3.86. The molecule has 0 aromatic heterocycles. The third kappa shape index (κ3) is 1.52. The maximum atomic E-state index is 11.4. The first kappa shape index (κ1) is 8.49. The summed E-state index contributed by atoms with van der Waals surface area (Å²) in [5, 5.41) is 0. The van der Waals surface area contributed by atoms with Gasteiger partial charge in [0.15, 0.2) is 0 Å². The Morgan fingerprint density at radius 1 is 1.64 bits per heavy atom. The Balaban J connectivity index is 2.59. The summed E-state index contributed by atoms with van der Waals surface area (Å²) in [4.78, 5) is 15.1. The highest BCUT2D eigenvalue weighted by Gasteiger charge is 2.27. The van der Waals surface area contributed by atoms with Crippen LogP contribution in [0.15, 0.2) is 0 Å². The number of carbonyl (C=O) groups excluding carboxylic acids is 1. The molecule has 1 saturated heterocycles. The molecule has 4 nitrogen and oxygen atoms in total. The average molecular weight is 157 g/mol. The van der Waals surface area contributed by atoms with Crippen molar-refractivity contribution >= 4 is 5.91 Å². The Morgan fingerprint density at radius 2 is 2.27 bits per heavy atom. The monoisotopic (exact) mass is 157 g/mol. The van der Waals surface area contributed by atoms with Crippen LogP contribution in [0.1, 0.15) is 6.92 Å². The molecular formula is C7H15N3O. The summed E-state index contributed by atoms with van der Waals surface area (Å²) in [6.45, 7) is 3.93. The number of nitrogens with zero attached hydrogens (tertiary/aromatic N) is 2. The second-order valence-electron chi connectivity index (χ2n) is 2.94. The molecule has 0 radical (unpaired) electrons. The lowest BCUT2D eigenvalue weighted by molar-refractivity contribution is -0.139. The number of piperazine rings is 1. The van der Waals surface area contributed by atoms with Crippen LogP contribution in [0.5, 0.6) is 0 Å². The van der Waals surface area contributed by atoms with Crippen molar-refractivity contribution in [3.8, 4) is 0 Å². The number of amides is 1. The van der Waals surface area contributed by atoms with Gasteiger partial charge in [-0.25, -0.2) is 0 Å². The van der Waals surface area contributed by atoms with Crippen LogP contribution in [0.25, 0.3) is 0 Å². The molecule has 4 heteroatoms. The van der Waals surface area contributed by atoms with Gasteiger partial charge in [0.2, 0.25) is 5.91 Å². The van der Waals surface area contributed by atoms with Gasteiger partial charge in [0.1, 0.15) is 0 Å². The Bertz CT molecular complexity index is 156. The van der Waals surface area contributed by atoms with E-state index in [1.54, 1.807) is 4.90 Å². The smallest absolute Gasteiger partial charge is 0.240 e. The van der Waals surface area contributed by atoms with Crippen molar-refractivity contribution in [1.82, 2.24) is 9.80 Å². The molecule has 1 aliphatic heterocycles. The minimum Gasteiger partial charge on any atom is -0.328 e. The van der Waals surface area contributed by atoms with Crippen molar-refractivity contribution in [2.45, 2.75) is 13.0 Å². The van der Waals surface area contributed by atoms with Crippen LogP contribution in [0.2, 0.25) is 0 Å². The van der Waals surface area contributed by atoms with Crippen molar-refractivity contribution in [3.05, 3.63) is 0 Å². The van der Waals surface area contributed by atoms with Gasteiger partial charge >= 0.3 is 0 Å². The van der Waals surface area contributed by atoms with Crippen molar-refractivity contribution in [2.75, 3.05) is 26.8 Å². The highest BCUT2D eigenvalue weighted by Crippen LogP contribution is 2.06. The summed E-state index contributed by atoms with van der Waals surface area (Å²) in [6, 6.07) is -0.00713. The fraction of sp³-hybridized carbons (Fsp3) is 0.857. The van der Waals surface area contributed by atoms with Crippen LogP contribution < -0.4 is 5.73 Å². The molecule has 0 aromatic rings. The number of nitrogens with two attached hydrogens (primary N) is 1. The summed E-state index contributed by atoms with van der Waals surface area (Å²) in [6.07, 6.45) is 0. The van der Waals surface area contributed by atoms with Gasteiger partial charge in [-0.15, -0.1) is 0 Å². The number of rotatable bonds is 1. The van der Waals surface area contributed by atoms with Gasteiger partial charge in [0.25, 0.3) is 0 Å². The van der Waals surface area contributed by atoms with Crippen LogP contribution in [0.4, 0.5) is 0 Å². The largest absolute Gasteiger partial charge is 0.328 e. The molecule has 1 fully saturated rings. The van der Waals surface area contributed by atoms with Gasteiger partial charge in [-0.05, 0) is 14.0 Å². The molecule has 0 saturated carbocycles. The van der Waals surface area contributed by atoms with Crippen molar-refractivity contribution in [2.24, 2.45) is 5.73 Å². The van der Waals surface area contributed by atoms with E-state index in [1.807, 2.05) is 18.9 Å². The number of likely N-dealkylation sites (N-methyl/N-ethyl adjacent to an activating group) is 1. The summed E-state index contributed by atoms with van der Waals surface area (Å²) >= 11 is 0. The zero-order chi connectivity index (χ0) is 8.43. The van der Waals surface area contributed by atoms with Gasteiger partial charge in [-0.3, -0.25) is 9.69 Å². The number of hydrogen-bond donors (Lipinski definition) is 1. The van der Waals surface area contributed by atoms with E-state index in [9.17, 15) is 4.79 Å². The number of carbonyl (C=O) groups is 1. The molecule has 2 N–H and O–H groups in total. The van der Waals surface area contributed by atoms with Crippen molar-refractivity contribution in [3.63, 3.8) is 0 Å². The molecule has 0 aromatic carbocycles. The second-order valence-corrected chi connectivity index (χ2v) is 2.94. The van der Waals surface area contributed by atoms with Crippen LogP contribution in [-0.2, 0) is 4.79 Å². The zero-order valence-corrected chi connectivity index (χ0v) is 7.08. The van der Waals surface area contributed by atoms with E-state index in [4.69, 9.17) is 5.73 Å². The summed E-state index contributed by atoms with van der Waals surface area (Å²) in [7, 11) is 1.95. The standard InChI is InChI=1S/C7H15N3O/c1-6-7(11)10(5-8)4-3-9(6)2/h6H,3-5,8H2,1-2H3.